The second-order valence-corrected chi connectivity index (χ2v) is 3.31. The van der Waals surface area contributed by atoms with E-state index in [2.05, 4.69) is 20.5 Å². The number of aliphatic hydroxyl groups is 1. The van der Waals surface area contributed by atoms with Crippen molar-refractivity contribution in [1.82, 2.24) is 25.4 Å². The van der Waals surface area contributed by atoms with Gasteiger partial charge in [-0.3, -0.25) is 5.10 Å². The average molecular weight is 243 g/mol. The molecule has 17 heavy (non-hydrogen) atoms. The largest absolute Gasteiger partial charge is 0.480 e. The highest BCUT2D eigenvalue weighted by Gasteiger charge is 2.20. The van der Waals surface area contributed by atoms with Gasteiger partial charge in [-0.2, -0.15) is 5.10 Å². The normalized spacial score (nSPS) is 11.9. The SMILES string of the molecule is CN(Cc1ncn[nH]1)C(=O)N[C@H](CO)C(=O)O. The molecule has 1 heterocycles. The third-order valence-electron chi connectivity index (χ3n) is 1.98. The van der Waals surface area contributed by atoms with E-state index < -0.39 is 24.6 Å². The minimum absolute atomic E-state index is 0.156. The van der Waals surface area contributed by atoms with Crippen LogP contribution in [0.4, 0.5) is 4.79 Å². The molecule has 2 amide bonds. The first-order valence-electron chi connectivity index (χ1n) is 4.74. The van der Waals surface area contributed by atoms with E-state index in [0.29, 0.717) is 5.82 Å². The molecule has 0 spiro atoms. The van der Waals surface area contributed by atoms with Gasteiger partial charge in [-0.15, -0.1) is 0 Å². The minimum atomic E-state index is -1.32. The highest BCUT2D eigenvalue weighted by molar-refractivity contribution is 5.82. The Morgan fingerprint density at radius 3 is 2.82 bits per heavy atom. The topological polar surface area (TPSA) is 131 Å². The molecule has 0 aliphatic heterocycles. The van der Waals surface area contributed by atoms with Crippen molar-refractivity contribution < 1.29 is 19.8 Å². The Hall–Kier alpha value is -2.16. The summed E-state index contributed by atoms with van der Waals surface area (Å²) in [6.07, 6.45) is 1.30. The van der Waals surface area contributed by atoms with E-state index >= 15 is 0 Å². The Morgan fingerprint density at radius 1 is 1.65 bits per heavy atom. The van der Waals surface area contributed by atoms with Crippen molar-refractivity contribution >= 4 is 12.0 Å². The fourth-order valence-electron chi connectivity index (χ4n) is 1.05. The van der Waals surface area contributed by atoms with E-state index in [1.807, 2.05) is 0 Å². The van der Waals surface area contributed by atoms with Crippen molar-refractivity contribution in [2.75, 3.05) is 13.7 Å². The van der Waals surface area contributed by atoms with Crippen LogP contribution in [0.25, 0.3) is 0 Å². The highest BCUT2D eigenvalue weighted by Crippen LogP contribution is 1.95. The van der Waals surface area contributed by atoms with Gasteiger partial charge in [-0.25, -0.2) is 14.6 Å². The van der Waals surface area contributed by atoms with Crippen LogP contribution in [0.2, 0.25) is 0 Å². The number of urea groups is 1. The first-order valence-corrected chi connectivity index (χ1v) is 4.74. The number of H-pyrrole nitrogens is 1. The maximum atomic E-state index is 11.5. The lowest BCUT2D eigenvalue weighted by molar-refractivity contribution is -0.140. The van der Waals surface area contributed by atoms with Crippen LogP contribution >= 0.6 is 0 Å². The highest BCUT2D eigenvalue weighted by atomic mass is 16.4. The smallest absolute Gasteiger partial charge is 0.328 e. The standard InChI is InChI=1S/C8H13N5O4/c1-13(2-6-9-4-10-12-6)8(17)11-5(3-14)7(15)16/h4-5,14H,2-3H2,1H3,(H,11,17)(H,15,16)(H,9,10,12)/t5-/m1/s1. The van der Waals surface area contributed by atoms with Crippen LogP contribution in [0.3, 0.4) is 0 Å². The zero-order chi connectivity index (χ0) is 12.8. The number of rotatable bonds is 5. The van der Waals surface area contributed by atoms with Crippen LogP contribution in [0.15, 0.2) is 6.33 Å². The molecule has 0 radical (unpaired) electrons. The van der Waals surface area contributed by atoms with Gasteiger partial charge < -0.3 is 20.4 Å². The summed E-state index contributed by atoms with van der Waals surface area (Å²) in [5, 5.41) is 25.7. The van der Waals surface area contributed by atoms with Crippen LogP contribution in [0.1, 0.15) is 5.82 Å². The van der Waals surface area contributed by atoms with E-state index in [1.165, 1.54) is 18.3 Å². The first-order chi connectivity index (χ1) is 8.04. The zero-order valence-corrected chi connectivity index (χ0v) is 9.12. The molecule has 0 unspecified atom stereocenters. The molecule has 0 saturated heterocycles. The molecule has 0 fully saturated rings. The van der Waals surface area contributed by atoms with Crippen molar-refractivity contribution in [2.45, 2.75) is 12.6 Å². The number of carboxylic acids is 1. The number of aromatic amines is 1. The van der Waals surface area contributed by atoms with Gasteiger partial charge in [-0.05, 0) is 0 Å². The van der Waals surface area contributed by atoms with Crippen LogP contribution < -0.4 is 5.32 Å². The fourth-order valence-corrected chi connectivity index (χ4v) is 1.05. The van der Waals surface area contributed by atoms with Gasteiger partial charge in [0.1, 0.15) is 12.2 Å². The number of carboxylic acid groups (broad SMARTS) is 1. The summed E-state index contributed by atoms with van der Waals surface area (Å²) in [4.78, 5) is 27.1. The maximum absolute atomic E-state index is 11.5. The number of hydrogen-bond acceptors (Lipinski definition) is 5. The summed E-state index contributed by atoms with van der Waals surface area (Å²) in [5.74, 6) is -0.826. The van der Waals surface area contributed by atoms with E-state index in [4.69, 9.17) is 10.2 Å². The predicted octanol–water partition coefficient (Wildman–Crippen LogP) is -1.61. The number of aliphatic carboxylic acids is 1. The summed E-state index contributed by atoms with van der Waals surface area (Å²) in [6, 6.07) is -1.94. The zero-order valence-electron chi connectivity index (χ0n) is 9.12. The van der Waals surface area contributed by atoms with Crippen LogP contribution in [-0.2, 0) is 11.3 Å². The van der Waals surface area contributed by atoms with Crippen molar-refractivity contribution in [1.29, 1.82) is 0 Å². The summed E-state index contributed by atoms with van der Waals surface area (Å²) in [5.41, 5.74) is 0. The van der Waals surface area contributed by atoms with Gasteiger partial charge >= 0.3 is 12.0 Å². The Kier molecular flexibility index (Phi) is 4.40. The maximum Gasteiger partial charge on any atom is 0.328 e. The lowest BCUT2D eigenvalue weighted by Gasteiger charge is -2.19. The molecule has 0 aromatic carbocycles. The predicted molar refractivity (Wildman–Crippen MR) is 54.9 cm³/mol. The number of carbonyl (C=O) groups excluding carboxylic acids is 1. The molecule has 0 bridgehead atoms. The van der Waals surface area contributed by atoms with Gasteiger partial charge in [0.2, 0.25) is 0 Å². The van der Waals surface area contributed by atoms with Gasteiger partial charge in [-0.1, -0.05) is 0 Å². The number of aliphatic hydroxyl groups excluding tert-OH is 1. The summed E-state index contributed by atoms with van der Waals surface area (Å²) >= 11 is 0. The second-order valence-electron chi connectivity index (χ2n) is 3.31. The molecule has 1 rings (SSSR count). The quantitative estimate of drug-likeness (QED) is 0.492. The lowest BCUT2D eigenvalue weighted by Crippen LogP contribution is -2.48. The Balaban J connectivity index is 2.49. The fraction of sp³-hybridized carbons (Fsp3) is 0.500. The van der Waals surface area contributed by atoms with Gasteiger partial charge in [0.15, 0.2) is 6.04 Å². The molecule has 0 aliphatic carbocycles. The molecule has 0 saturated carbocycles. The Morgan fingerprint density at radius 2 is 2.35 bits per heavy atom. The Labute approximate surface area is 96.5 Å². The van der Waals surface area contributed by atoms with Crippen molar-refractivity contribution in [2.24, 2.45) is 0 Å². The molecule has 9 nitrogen and oxygen atoms in total. The monoisotopic (exact) mass is 243 g/mol. The molecule has 1 atom stereocenters. The van der Waals surface area contributed by atoms with Crippen LogP contribution in [-0.4, -0.2) is 62.0 Å². The van der Waals surface area contributed by atoms with Gasteiger partial charge in [0, 0.05) is 7.05 Å². The van der Waals surface area contributed by atoms with Crippen molar-refractivity contribution in [3.63, 3.8) is 0 Å². The molecule has 9 heteroatoms. The van der Waals surface area contributed by atoms with Gasteiger partial charge in [0.05, 0.1) is 13.2 Å². The first kappa shape index (κ1) is 12.9. The molecule has 94 valence electrons. The van der Waals surface area contributed by atoms with Crippen LogP contribution in [0.5, 0.6) is 0 Å². The molecule has 1 aromatic rings. The van der Waals surface area contributed by atoms with Crippen molar-refractivity contribution in [3.8, 4) is 0 Å². The number of hydrogen-bond donors (Lipinski definition) is 4. The molecule has 1 aromatic heterocycles. The molecule has 0 aliphatic rings. The Bertz CT molecular complexity index is 379. The number of amides is 2. The van der Waals surface area contributed by atoms with E-state index in [1.54, 1.807) is 0 Å². The van der Waals surface area contributed by atoms with E-state index in [-0.39, 0.29) is 6.54 Å². The lowest BCUT2D eigenvalue weighted by atomic mass is 10.3. The summed E-state index contributed by atoms with van der Waals surface area (Å²) in [6.45, 7) is -0.513. The third-order valence-corrected chi connectivity index (χ3v) is 1.98. The van der Waals surface area contributed by atoms with Gasteiger partial charge in [0.25, 0.3) is 0 Å². The third kappa shape index (κ3) is 3.72. The van der Waals surface area contributed by atoms with Crippen LogP contribution in [0, 0.1) is 0 Å². The number of carbonyl (C=O) groups is 2. The summed E-state index contributed by atoms with van der Waals surface area (Å²) in [7, 11) is 1.47. The van der Waals surface area contributed by atoms with E-state index in [0.717, 1.165) is 0 Å². The minimum Gasteiger partial charge on any atom is -0.480 e. The molecule has 4 N–H and O–H groups in total. The molecular formula is C8H13N5O4. The van der Waals surface area contributed by atoms with Crippen molar-refractivity contribution in [3.05, 3.63) is 12.2 Å². The average Bonchev–Trinajstić information content (AvgIpc) is 2.77. The molecular weight excluding hydrogens is 230 g/mol. The number of nitrogens with zero attached hydrogens (tertiary/aromatic N) is 3. The van der Waals surface area contributed by atoms with E-state index in [9.17, 15) is 9.59 Å². The number of aromatic nitrogens is 3. The summed E-state index contributed by atoms with van der Waals surface area (Å²) < 4.78 is 0. The second kappa shape index (κ2) is 5.80. The number of nitrogens with one attached hydrogen (secondary N) is 2.